The van der Waals surface area contributed by atoms with Gasteiger partial charge in [-0.05, 0) is 29.7 Å². The summed E-state index contributed by atoms with van der Waals surface area (Å²) in [5.74, 6) is -0.294. The summed E-state index contributed by atoms with van der Waals surface area (Å²) in [4.78, 5) is 30.3. The highest BCUT2D eigenvalue weighted by Crippen LogP contribution is 2.20. The third kappa shape index (κ3) is 3.79. The second kappa shape index (κ2) is 7.25. The van der Waals surface area contributed by atoms with E-state index in [4.69, 9.17) is 0 Å². The quantitative estimate of drug-likeness (QED) is 0.916. The molecule has 124 valence electrons. The number of carbonyl (C=O) groups is 2. The fraction of sp³-hybridized carbons (Fsp3) is 0.316. The van der Waals surface area contributed by atoms with Crippen LogP contribution < -0.4 is 5.32 Å². The van der Waals surface area contributed by atoms with Gasteiger partial charge >= 0.3 is 0 Å². The number of likely N-dealkylation sites (tertiary alicyclic amines) is 1. The van der Waals surface area contributed by atoms with Crippen molar-refractivity contribution in [2.24, 2.45) is 5.92 Å². The number of aromatic nitrogens is 1. The van der Waals surface area contributed by atoms with Crippen molar-refractivity contribution in [2.45, 2.75) is 26.4 Å². The van der Waals surface area contributed by atoms with Gasteiger partial charge in [0.15, 0.2) is 0 Å². The molecular formula is C19H21N3O2. The van der Waals surface area contributed by atoms with Gasteiger partial charge in [0.25, 0.3) is 0 Å². The van der Waals surface area contributed by atoms with Crippen molar-refractivity contribution < 1.29 is 9.59 Å². The maximum Gasteiger partial charge on any atom is 0.225 e. The summed E-state index contributed by atoms with van der Waals surface area (Å²) in [5, 5.41) is 2.94. The van der Waals surface area contributed by atoms with E-state index < -0.39 is 0 Å². The molecule has 0 bridgehead atoms. The summed E-state index contributed by atoms with van der Waals surface area (Å²) >= 11 is 0. The Labute approximate surface area is 141 Å². The van der Waals surface area contributed by atoms with Crippen LogP contribution in [-0.4, -0.2) is 28.2 Å². The molecule has 0 saturated carbocycles. The average molecular weight is 323 g/mol. The Morgan fingerprint density at radius 2 is 2.08 bits per heavy atom. The van der Waals surface area contributed by atoms with Crippen LogP contribution in [0.4, 0.5) is 0 Å². The number of benzene rings is 1. The molecule has 1 aromatic carbocycles. The molecule has 2 aromatic rings. The molecule has 1 N–H and O–H groups in total. The van der Waals surface area contributed by atoms with Gasteiger partial charge in [0.05, 0.1) is 5.92 Å². The van der Waals surface area contributed by atoms with E-state index in [1.165, 1.54) is 0 Å². The number of hydrogen-bond donors (Lipinski definition) is 1. The monoisotopic (exact) mass is 323 g/mol. The average Bonchev–Trinajstić information content (AvgIpc) is 2.96. The van der Waals surface area contributed by atoms with Gasteiger partial charge < -0.3 is 10.2 Å². The molecule has 1 fully saturated rings. The normalized spacial score (nSPS) is 17.1. The van der Waals surface area contributed by atoms with Crippen LogP contribution in [0.25, 0.3) is 0 Å². The van der Waals surface area contributed by atoms with Crippen LogP contribution in [0.1, 0.15) is 23.1 Å². The van der Waals surface area contributed by atoms with Crippen molar-refractivity contribution >= 4 is 11.8 Å². The molecule has 5 heteroatoms. The summed E-state index contributed by atoms with van der Waals surface area (Å²) in [6.45, 7) is 3.48. The number of amides is 2. The van der Waals surface area contributed by atoms with Gasteiger partial charge in [0, 0.05) is 38.4 Å². The molecule has 1 aliphatic heterocycles. The Morgan fingerprint density at radius 1 is 1.29 bits per heavy atom. The van der Waals surface area contributed by atoms with Crippen LogP contribution in [0.5, 0.6) is 0 Å². The zero-order chi connectivity index (χ0) is 16.9. The van der Waals surface area contributed by atoms with E-state index in [1.807, 2.05) is 43.3 Å². The summed E-state index contributed by atoms with van der Waals surface area (Å²) in [6, 6.07) is 11.7. The van der Waals surface area contributed by atoms with E-state index in [9.17, 15) is 9.59 Å². The number of carbonyl (C=O) groups excluding carboxylic acids is 2. The zero-order valence-corrected chi connectivity index (χ0v) is 13.7. The van der Waals surface area contributed by atoms with Crippen molar-refractivity contribution in [1.29, 1.82) is 0 Å². The minimum absolute atomic E-state index is 0.0408. The lowest BCUT2D eigenvalue weighted by Gasteiger charge is -2.16. The first-order chi connectivity index (χ1) is 11.6. The second-order valence-corrected chi connectivity index (χ2v) is 6.18. The summed E-state index contributed by atoms with van der Waals surface area (Å²) in [7, 11) is 0. The van der Waals surface area contributed by atoms with Gasteiger partial charge in [0.1, 0.15) is 0 Å². The van der Waals surface area contributed by atoms with E-state index in [2.05, 4.69) is 10.3 Å². The Morgan fingerprint density at radius 3 is 2.83 bits per heavy atom. The Hall–Kier alpha value is -2.69. The lowest BCUT2D eigenvalue weighted by molar-refractivity contribution is -0.129. The smallest absolute Gasteiger partial charge is 0.225 e. The highest BCUT2D eigenvalue weighted by molar-refractivity contribution is 5.89. The largest absolute Gasteiger partial charge is 0.352 e. The topological polar surface area (TPSA) is 62.3 Å². The molecule has 1 atom stereocenters. The molecule has 0 radical (unpaired) electrons. The van der Waals surface area contributed by atoms with Crippen LogP contribution in [0, 0.1) is 12.8 Å². The molecule has 5 nitrogen and oxygen atoms in total. The predicted molar refractivity (Wildman–Crippen MR) is 90.8 cm³/mol. The first-order valence-corrected chi connectivity index (χ1v) is 8.12. The first kappa shape index (κ1) is 16.2. The Bertz CT molecular complexity index is 730. The number of pyridine rings is 1. The first-order valence-electron chi connectivity index (χ1n) is 8.12. The molecule has 0 spiro atoms. The maximum absolute atomic E-state index is 12.4. The van der Waals surface area contributed by atoms with Crippen molar-refractivity contribution in [1.82, 2.24) is 15.2 Å². The summed E-state index contributed by atoms with van der Waals surface area (Å²) in [5.41, 5.74) is 3.18. The van der Waals surface area contributed by atoms with Gasteiger partial charge in [-0.3, -0.25) is 14.6 Å². The standard InChI is InChI=1S/C19H21N3O2/c1-14-10-20-8-7-16(14)11-21-19(24)17-9-18(23)22(13-17)12-15-5-3-2-4-6-15/h2-8,10,17H,9,11-13H2,1H3,(H,21,24). The van der Waals surface area contributed by atoms with E-state index in [0.717, 1.165) is 16.7 Å². The SMILES string of the molecule is Cc1cnccc1CNC(=O)C1CC(=O)N(Cc2ccccc2)C1. The minimum Gasteiger partial charge on any atom is -0.352 e. The van der Waals surface area contributed by atoms with E-state index >= 15 is 0 Å². The molecule has 2 heterocycles. The van der Waals surface area contributed by atoms with Crippen molar-refractivity contribution in [3.63, 3.8) is 0 Å². The molecule has 24 heavy (non-hydrogen) atoms. The minimum atomic E-state index is -0.275. The summed E-state index contributed by atoms with van der Waals surface area (Å²) < 4.78 is 0. The number of nitrogens with zero attached hydrogens (tertiary/aromatic N) is 2. The molecule has 1 aromatic heterocycles. The molecule has 0 aliphatic carbocycles. The van der Waals surface area contributed by atoms with Crippen LogP contribution in [0.3, 0.4) is 0 Å². The molecule has 3 rings (SSSR count). The fourth-order valence-electron chi connectivity index (χ4n) is 2.93. The van der Waals surface area contributed by atoms with Crippen molar-refractivity contribution in [3.8, 4) is 0 Å². The Balaban J connectivity index is 1.55. The maximum atomic E-state index is 12.4. The van der Waals surface area contributed by atoms with Crippen LogP contribution in [0.2, 0.25) is 0 Å². The lowest BCUT2D eigenvalue weighted by Crippen LogP contribution is -2.32. The van der Waals surface area contributed by atoms with Crippen LogP contribution in [-0.2, 0) is 22.7 Å². The van der Waals surface area contributed by atoms with Crippen LogP contribution in [0.15, 0.2) is 48.8 Å². The molecule has 1 unspecified atom stereocenters. The molecule has 2 amide bonds. The number of rotatable bonds is 5. The van der Waals surface area contributed by atoms with Crippen molar-refractivity contribution in [3.05, 3.63) is 65.5 Å². The van der Waals surface area contributed by atoms with Crippen LogP contribution >= 0.6 is 0 Å². The van der Waals surface area contributed by atoms with E-state index in [-0.39, 0.29) is 24.2 Å². The van der Waals surface area contributed by atoms with Crippen molar-refractivity contribution in [2.75, 3.05) is 6.54 Å². The number of hydrogen-bond acceptors (Lipinski definition) is 3. The second-order valence-electron chi connectivity index (χ2n) is 6.18. The molecule has 1 saturated heterocycles. The highest BCUT2D eigenvalue weighted by atomic mass is 16.2. The molecule has 1 aliphatic rings. The van der Waals surface area contributed by atoms with Gasteiger partial charge in [-0.25, -0.2) is 0 Å². The van der Waals surface area contributed by atoms with E-state index in [0.29, 0.717) is 19.6 Å². The third-order valence-corrected chi connectivity index (χ3v) is 4.39. The number of aryl methyl sites for hydroxylation is 1. The van der Waals surface area contributed by atoms with Gasteiger partial charge in [-0.2, -0.15) is 0 Å². The highest BCUT2D eigenvalue weighted by Gasteiger charge is 2.34. The van der Waals surface area contributed by atoms with E-state index in [1.54, 1.807) is 17.3 Å². The lowest BCUT2D eigenvalue weighted by atomic mass is 10.1. The zero-order valence-electron chi connectivity index (χ0n) is 13.7. The number of nitrogens with one attached hydrogen (secondary N) is 1. The van der Waals surface area contributed by atoms with Gasteiger partial charge in [0.2, 0.25) is 11.8 Å². The van der Waals surface area contributed by atoms with Gasteiger partial charge in [-0.15, -0.1) is 0 Å². The Kier molecular flexibility index (Phi) is 4.89. The third-order valence-electron chi connectivity index (χ3n) is 4.39. The predicted octanol–water partition coefficient (Wildman–Crippen LogP) is 2.05. The fourth-order valence-corrected chi connectivity index (χ4v) is 2.93. The van der Waals surface area contributed by atoms with Gasteiger partial charge in [-0.1, -0.05) is 30.3 Å². The summed E-state index contributed by atoms with van der Waals surface area (Å²) in [6.07, 6.45) is 3.78. The molecular weight excluding hydrogens is 302 g/mol.